The van der Waals surface area contributed by atoms with Gasteiger partial charge in [0.15, 0.2) is 0 Å². The quantitative estimate of drug-likeness (QED) is 0.343. The Balaban J connectivity index is 2.00. The van der Waals surface area contributed by atoms with Gasteiger partial charge < -0.3 is 10.2 Å². The van der Waals surface area contributed by atoms with Crippen LogP contribution in [0, 0.1) is 3.57 Å². The molecule has 37 heavy (non-hydrogen) atoms. The Morgan fingerprint density at radius 3 is 1.97 bits per heavy atom. The lowest BCUT2D eigenvalue weighted by Crippen LogP contribution is -2.54. The molecule has 0 aliphatic heterocycles. The molecular formula is C28H32IN3O4S. The van der Waals surface area contributed by atoms with Crippen LogP contribution in [-0.4, -0.2) is 43.3 Å². The molecule has 1 N–H and O–H groups in total. The maximum absolute atomic E-state index is 13.8. The first-order valence-corrected chi connectivity index (χ1v) is 14.4. The van der Waals surface area contributed by atoms with Gasteiger partial charge in [-0.1, -0.05) is 48.5 Å². The number of benzene rings is 3. The van der Waals surface area contributed by atoms with E-state index in [2.05, 4.69) is 27.9 Å². The molecule has 0 aliphatic carbocycles. The molecule has 1 atom stereocenters. The third-order valence-electron chi connectivity index (χ3n) is 5.59. The molecule has 3 aromatic carbocycles. The van der Waals surface area contributed by atoms with E-state index in [9.17, 15) is 18.0 Å². The van der Waals surface area contributed by atoms with Crippen molar-refractivity contribution in [2.45, 2.75) is 50.7 Å². The van der Waals surface area contributed by atoms with Crippen LogP contribution in [0.2, 0.25) is 0 Å². The van der Waals surface area contributed by atoms with Crippen molar-refractivity contribution in [1.29, 1.82) is 0 Å². The van der Waals surface area contributed by atoms with Crippen LogP contribution in [0.5, 0.6) is 0 Å². The van der Waals surface area contributed by atoms with Gasteiger partial charge >= 0.3 is 0 Å². The summed E-state index contributed by atoms with van der Waals surface area (Å²) >= 11 is 2.14. The normalized spacial score (nSPS) is 12.5. The average Bonchev–Trinajstić information content (AvgIpc) is 2.86. The molecule has 0 heterocycles. The Labute approximate surface area is 233 Å². The van der Waals surface area contributed by atoms with Crippen molar-refractivity contribution >= 4 is 50.1 Å². The lowest BCUT2D eigenvalue weighted by Gasteiger charge is -2.33. The summed E-state index contributed by atoms with van der Waals surface area (Å²) in [5, 5.41) is 2.92. The zero-order chi connectivity index (χ0) is 27.2. The first-order valence-electron chi connectivity index (χ1n) is 11.9. The van der Waals surface area contributed by atoms with Gasteiger partial charge in [0.1, 0.15) is 12.6 Å². The van der Waals surface area contributed by atoms with Crippen molar-refractivity contribution in [2.75, 3.05) is 10.8 Å². The van der Waals surface area contributed by atoms with Gasteiger partial charge in [-0.15, -0.1) is 0 Å². The standard InChI is InChI=1S/C28H32IN3O4S/c1-21(27(34)30-28(2,3)4)31(19-22-11-7-5-8-12-22)26(33)20-32(24-17-15-23(29)16-18-24)37(35,36)25-13-9-6-10-14-25/h5-18,21H,19-20H2,1-4H3,(H,30,34)/t21-/m0/s1. The number of rotatable bonds is 9. The summed E-state index contributed by atoms with van der Waals surface area (Å²) in [7, 11) is -4.06. The number of anilines is 1. The summed E-state index contributed by atoms with van der Waals surface area (Å²) in [5.74, 6) is -0.804. The molecule has 3 aromatic rings. The molecule has 0 bridgehead atoms. The highest BCUT2D eigenvalue weighted by molar-refractivity contribution is 14.1. The van der Waals surface area contributed by atoms with Gasteiger partial charge in [-0.05, 0) is 92.2 Å². The number of halogens is 1. The van der Waals surface area contributed by atoms with Crippen LogP contribution in [0.15, 0.2) is 89.8 Å². The van der Waals surface area contributed by atoms with Crippen LogP contribution in [0.4, 0.5) is 5.69 Å². The van der Waals surface area contributed by atoms with Crippen LogP contribution in [0.25, 0.3) is 0 Å². The van der Waals surface area contributed by atoms with Crippen LogP contribution in [-0.2, 0) is 26.2 Å². The summed E-state index contributed by atoms with van der Waals surface area (Å²) in [6.07, 6.45) is 0. The van der Waals surface area contributed by atoms with Gasteiger partial charge in [-0.25, -0.2) is 8.42 Å². The number of hydrogen-bond donors (Lipinski definition) is 1. The molecule has 0 saturated carbocycles. The molecular weight excluding hydrogens is 601 g/mol. The molecule has 3 rings (SSSR count). The van der Waals surface area contributed by atoms with Crippen molar-refractivity contribution in [3.05, 3.63) is 94.1 Å². The maximum Gasteiger partial charge on any atom is 0.264 e. The van der Waals surface area contributed by atoms with E-state index >= 15 is 0 Å². The van der Waals surface area contributed by atoms with E-state index < -0.39 is 34.1 Å². The predicted octanol–water partition coefficient (Wildman–Crippen LogP) is 4.82. The fourth-order valence-electron chi connectivity index (χ4n) is 3.69. The summed E-state index contributed by atoms with van der Waals surface area (Å²) < 4.78 is 29.4. The van der Waals surface area contributed by atoms with Gasteiger partial charge in [-0.3, -0.25) is 13.9 Å². The third-order valence-corrected chi connectivity index (χ3v) is 8.09. The van der Waals surface area contributed by atoms with Crippen molar-refractivity contribution in [1.82, 2.24) is 10.2 Å². The Hall–Kier alpha value is -2.92. The van der Waals surface area contributed by atoms with E-state index in [-0.39, 0.29) is 17.3 Å². The van der Waals surface area contributed by atoms with Gasteiger partial charge in [0.05, 0.1) is 10.6 Å². The van der Waals surface area contributed by atoms with Crippen molar-refractivity contribution in [2.24, 2.45) is 0 Å². The number of nitrogens with zero attached hydrogens (tertiary/aromatic N) is 2. The van der Waals surface area contributed by atoms with Crippen LogP contribution in [0.3, 0.4) is 0 Å². The lowest BCUT2D eigenvalue weighted by atomic mass is 10.1. The monoisotopic (exact) mass is 633 g/mol. The zero-order valence-corrected chi connectivity index (χ0v) is 24.4. The number of amides is 2. The van der Waals surface area contributed by atoms with E-state index in [0.717, 1.165) is 13.4 Å². The van der Waals surface area contributed by atoms with E-state index in [1.54, 1.807) is 49.4 Å². The number of nitrogens with one attached hydrogen (secondary N) is 1. The van der Waals surface area contributed by atoms with Gasteiger partial charge in [0.25, 0.3) is 10.0 Å². The molecule has 0 aliphatic rings. The summed E-state index contributed by atoms with van der Waals surface area (Å²) in [4.78, 5) is 28.4. The Bertz CT molecular complexity index is 1310. The number of sulfonamides is 1. The molecule has 0 radical (unpaired) electrons. The first kappa shape index (κ1) is 28.6. The van der Waals surface area contributed by atoms with Crippen LogP contribution in [0.1, 0.15) is 33.3 Å². The summed E-state index contributed by atoms with van der Waals surface area (Å²) in [5.41, 5.74) is 0.707. The second-order valence-electron chi connectivity index (χ2n) is 9.72. The lowest BCUT2D eigenvalue weighted by molar-refractivity contribution is -0.140. The summed E-state index contributed by atoms with van der Waals surface area (Å²) in [6.45, 7) is 6.95. The molecule has 0 aromatic heterocycles. The molecule has 0 saturated heterocycles. The Kier molecular flexibility index (Phi) is 9.36. The van der Waals surface area contributed by atoms with Gasteiger partial charge in [0, 0.05) is 15.7 Å². The van der Waals surface area contributed by atoms with E-state index in [1.807, 2.05) is 51.1 Å². The molecule has 2 amide bonds. The van der Waals surface area contributed by atoms with Crippen molar-refractivity contribution < 1.29 is 18.0 Å². The molecule has 9 heteroatoms. The fourth-order valence-corrected chi connectivity index (χ4v) is 5.49. The molecule has 7 nitrogen and oxygen atoms in total. The largest absolute Gasteiger partial charge is 0.350 e. The second-order valence-corrected chi connectivity index (χ2v) is 12.8. The Morgan fingerprint density at radius 1 is 0.892 bits per heavy atom. The molecule has 0 fully saturated rings. The molecule has 0 spiro atoms. The zero-order valence-electron chi connectivity index (χ0n) is 21.4. The highest BCUT2D eigenvalue weighted by atomic mass is 127. The van der Waals surface area contributed by atoms with Crippen LogP contribution >= 0.6 is 22.6 Å². The van der Waals surface area contributed by atoms with E-state index in [0.29, 0.717) is 5.69 Å². The highest BCUT2D eigenvalue weighted by Gasteiger charge is 2.33. The number of hydrogen-bond acceptors (Lipinski definition) is 4. The van der Waals surface area contributed by atoms with E-state index in [4.69, 9.17) is 0 Å². The molecule has 196 valence electrons. The van der Waals surface area contributed by atoms with E-state index in [1.165, 1.54) is 17.0 Å². The van der Waals surface area contributed by atoms with Crippen molar-refractivity contribution in [3.63, 3.8) is 0 Å². The second kappa shape index (κ2) is 12.1. The maximum atomic E-state index is 13.8. The average molecular weight is 634 g/mol. The van der Waals surface area contributed by atoms with Crippen molar-refractivity contribution in [3.8, 4) is 0 Å². The smallest absolute Gasteiger partial charge is 0.264 e. The minimum atomic E-state index is -4.06. The molecule has 0 unspecified atom stereocenters. The third kappa shape index (κ3) is 7.78. The van der Waals surface area contributed by atoms with Gasteiger partial charge in [-0.2, -0.15) is 0 Å². The fraction of sp³-hybridized carbons (Fsp3) is 0.286. The number of carbonyl (C=O) groups excluding carboxylic acids is 2. The Morgan fingerprint density at radius 2 is 1.43 bits per heavy atom. The first-order chi connectivity index (χ1) is 17.4. The topological polar surface area (TPSA) is 86.8 Å². The predicted molar refractivity (Wildman–Crippen MR) is 154 cm³/mol. The van der Waals surface area contributed by atoms with Gasteiger partial charge in [0.2, 0.25) is 11.8 Å². The minimum Gasteiger partial charge on any atom is -0.350 e. The number of carbonyl (C=O) groups is 2. The SMILES string of the molecule is C[C@@H](C(=O)NC(C)(C)C)N(Cc1ccccc1)C(=O)CN(c1ccc(I)cc1)S(=O)(=O)c1ccccc1. The minimum absolute atomic E-state index is 0.0782. The summed E-state index contributed by atoms with van der Waals surface area (Å²) in [6, 6.07) is 23.4. The van der Waals surface area contributed by atoms with Crippen LogP contribution < -0.4 is 9.62 Å². The highest BCUT2D eigenvalue weighted by Crippen LogP contribution is 2.25.